The van der Waals surface area contributed by atoms with Gasteiger partial charge in [0.2, 0.25) is 5.91 Å². The SMILES string of the molecule is COc1cc(C#N)ccc1NC(=O)CN1CCCNCC1. The highest BCUT2D eigenvalue weighted by Gasteiger charge is 2.14. The predicted molar refractivity (Wildman–Crippen MR) is 80.3 cm³/mol. The lowest BCUT2D eigenvalue weighted by atomic mass is 10.2. The van der Waals surface area contributed by atoms with Gasteiger partial charge in [0.25, 0.3) is 0 Å². The first-order valence-electron chi connectivity index (χ1n) is 7.04. The summed E-state index contributed by atoms with van der Waals surface area (Å²) in [4.78, 5) is 14.3. The minimum absolute atomic E-state index is 0.0695. The van der Waals surface area contributed by atoms with Crippen LogP contribution in [-0.2, 0) is 4.79 Å². The molecule has 0 spiro atoms. The minimum Gasteiger partial charge on any atom is -0.495 e. The molecule has 0 saturated carbocycles. The summed E-state index contributed by atoms with van der Waals surface area (Å²) in [5.74, 6) is 0.430. The lowest BCUT2D eigenvalue weighted by molar-refractivity contribution is -0.117. The molecule has 0 radical (unpaired) electrons. The van der Waals surface area contributed by atoms with Crippen LogP contribution in [0.25, 0.3) is 0 Å². The number of methoxy groups -OCH3 is 1. The lowest BCUT2D eigenvalue weighted by Crippen LogP contribution is -2.35. The molecule has 1 amide bonds. The molecule has 2 N–H and O–H groups in total. The molecule has 112 valence electrons. The summed E-state index contributed by atoms with van der Waals surface area (Å²) in [6, 6.07) is 7.02. The van der Waals surface area contributed by atoms with E-state index in [2.05, 4.69) is 15.5 Å². The number of carbonyl (C=O) groups is 1. The van der Waals surface area contributed by atoms with E-state index in [1.165, 1.54) is 7.11 Å². The summed E-state index contributed by atoms with van der Waals surface area (Å²) in [5, 5.41) is 15.0. The number of carbonyl (C=O) groups excluding carboxylic acids is 1. The topological polar surface area (TPSA) is 77.4 Å². The number of amides is 1. The maximum atomic E-state index is 12.1. The van der Waals surface area contributed by atoms with Crippen molar-refractivity contribution in [1.82, 2.24) is 10.2 Å². The predicted octanol–water partition coefficient (Wildman–Crippen LogP) is 0.801. The fourth-order valence-corrected chi connectivity index (χ4v) is 2.32. The van der Waals surface area contributed by atoms with Gasteiger partial charge in [0.05, 0.1) is 31.0 Å². The van der Waals surface area contributed by atoms with Crippen LogP contribution >= 0.6 is 0 Å². The fourth-order valence-electron chi connectivity index (χ4n) is 2.32. The number of benzene rings is 1. The van der Waals surface area contributed by atoms with E-state index in [0.717, 1.165) is 32.6 Å². The Morgan fingerprint density at radius 3 is 3.10 bits per heavy atom. The van der Waals surface area contributed by atoms with Crippen LogP contribution < -0.4 is 15.4 Å². The molecule has 6 heteroatoms. The highest BCUT2D eigenvalue weighted by Crippen LogP contribution is 2.25. The van der Waals surface area contributed by atoms with Crippen LogP contribution in [-0.4, -0.2) is 50.6 Å². The van der Waals surface area contributed by atoms with E-state index >= 15 is 0 Å². The average Bonchev–Trinajstić information content (AvgIpc) is 2.76. The zero-order chi connectivity index (χ0) is 15.1. The Morgan fingerprint density at radius 2 is 2.33 bits per heavy atom. The van der Waals surface area contributed by atoms with Gasteiger partial charge in [-0.1, -0.05) is 0 Å². The minimum atomic E-state index is -0.0695. The van der Waals surface area contributed by atoms with Gasteiger partial charge in [-0.15, -0.1) is 0 Å². The third-order valence-corrected chi connectivity index (χ3v) is 3.40. The molecule has 1 aliphatic rings. The summed E-state index contributed by atoms with van der Waals surface area (Å²) in [5.41, 5.74) is 1.10. The van der Waals surface area contributed by atoms with E-state index in [0.29, 0.717) is 23.5 Å². The molecular formula is C15H20N4O2. The number of nitrogens with zero attached hydrogens (tertiary/aromatic N) is 2. The van der Waals surface area contributed by atoms with Crippen LogP contribution in [0.4, 0.5) is 5.69 Å². The molecule has 1 aromatic carbocycles. The van der Waals surface area contributed by atoms with E-state index in [1.54, 1.807) is 18.2 Å². The summed E-state index contributed by atoms with van der Waals surface area (Å²) < 4.78 is 5.21. The van der Waals surface area contributed by atoms with Gasteiger partial charge in [-0.25, -0.2) is 0 Å². The van der Waals surface area contributed by atoms with Gasteiger partial charge in [-0.05, 0) is 31.6 Å². The van der Waals surface area contributed by atoms with Gasteiger partial charge in [0, 0.05) is 19.2 Å². The standard InChI is InChI=1S/C15H20N4O2/c1-21-14-9-12(10-16)3-4-13(14)18-15(20)11-19-7-2-5-17-6-8-19/h3-4,9,17H,2,5-8,11H2,1H3,(H,18,20). The number of anilines is 1. The van der Waals surface area contributed by atoms with Crippen LogP contribution in [0, 0.1) is 11.3 Å². The van der Waals surface area contributed by atoms with Gasteiger partial charge in [-0.3, -0.25) is 9.69 Å². The second-order valence-corrected chi connectivity index (χ2v) is 4.95. The maximum Gasteiger partial charge on any atom is 0.238 e. The Balaban J connectivity index is 1.97. The summed E-state index contributed by atoms with van der Waals surface area (Å²) >= 11 is 0. The molecule has 1 aliphatic heterocycles. The largest absolute Gasteiger partial charge is 0.495 e. The average molecular weight is 288 g/mol. The normalized spacial score (nSPS) is 15.8. The molecule has 1 fully saturated rings. The number of hydrogen-bond acceptors (Lipinski definition) is 5. The van der Waals surface area contributed by atoms with E-state index in [4.69, 9.17) is 10.00 Å². The van der Waals surface area contributed by atoms with Crippen molar-refractivity contribution in [2.75, 3.05) is 45.2 Å². The second kappa shape index (κ2) is 7.62. The quantitative estimate of drug-likeness (QED) is 0.857. The third-order valence-electron chi connectivity index (χ3n) is 3.40. The molecule has 1 heterocycles. The molecule has 21 heavy (non-hydrogen) atoms. The Bertz CT molecular complexity index is 531. The first kappa shape index (κ1) is 15.3. The van der Waals surface area contributed by atoms with E-state index in [-0.39, 0.29) is 5.91 Å². The molecule has 0 aliphatic carbocycles. The Kier molecular flexibility index (Phi) is 5.55. The van der Waals surface area contributed by atoms with Crippen molar-refractivity contribution in [2.24, 2.45) is 0 Å². The molecule has 0 aromatic heterocycles. The summed E-state index contributed by atoms with van der Waals surface area (Å²) in [7, 11) is 1.52. The highest BCUT2D eigenvalue weighted by atomic mass is 16.5. The molecule has 2 rings (SSSR count). The Labute approximate surface area is 124 Å². The zero-order valence-corrected chi connectivity index (χ0v) is 12.2. The van der Waals surface area contributed by atoms with Crippen molar-refractivity contribution in [2.45, 2.75) is 6.42 Å². The van der Waals surface area contributed by atoms with Crippen molar-refractivity contribution >= 4 is 11.6 Å². The summed E-state index contributed by atoms with van der Waals surface area (Å²) in [6.07, 6.45) is 1.05. The van der Waals surface area contributed by atoms with E-state index < -0.39 is 0 Å². The maximum absolute atomic E-state index is 12.1. The molecule has 0 bridgehead atoms. The number of hydrogen-bond donors (Lipinski definition) is 2. The monoisotopic (exact) mass is 288 g/mol. The van der Waals surface area contributed by atoms with Crippen molar-refractivity contribution in [3.8, 4) is 11.8 Å². The van der Waals surface area contributed by atoms with Gasteiger partial charge < -0.3 is 15.4 Å². The molecule has 6 nitrogen and oxygen atoms in total. The van der Waals surface area contributed by atoms with E-state index in [9.17, 15) is 4.79 Å². The van der Waals surface area contributed by atoms with Gasteiger partial charge >= 0.3 is 0 Å². The number of nitriles is 1. The van der Waals surface area contributed by atoms with Crippen molar-refractivity contribution < 1.29 is 9.53 Å². The second-order valence-electron chi connectivity index (χ2n) is 4.95. The van der Waals surface area contributed by atoms with E-state index in [1.807, 2.05) is 6.07 Å². The van der Waals surface area contributed by atoms with Crippen molar-refractivity contribution in [3.05, 3.63) is 23.8 Å². The van der Waals surface area contributed by atoms with Gasteiger partial charge in [-0.2, -0.15) is 5.26 Å². The number of nitrogens with one attached hydrogen (secondary N) is 2. The van der Waals surface area contributed by atoms with Crippen LogP contribution in [0.1, 0.15) is 12.0 Å². The fraction of sp³-hybridized carbons (Fsp3) is 0.467. The lowest BCUT2D eigenvalue weighted by Gasteiger charge is -2.19. The van der Waals surface area contributed by atoms with Gasteiger partial charge in [0.15, 0.2) is 0 Å². The Morgan fingerprint density at radius 1 is 1.48 bits per heavy atom. The number of rotatable bonds is 4. The first-order valence-corrected chi connectivity index (χ1v) is 7.04. The Hall–Kier alpha value is -2.10. The van der Waals surface area contributed by atoms with Crippen molar-refractivity contribution in [3.63, 3.8) is 0 Å². The highest BCUT2D eigenvalue weighted by molar-refractivity contribution is 5.93. The van der Waals surface area contributed by atoms with Gasteiger partial charge in [0.1, 0.15) is 5.75 Å². The molecule has 0 atom stereocenters. The smallest absolute Gasteiger partial charge is 0.238 e. The molecular weight excluding hydrogens is 268 g/mol. The molecule has 1 aromatic rings. The number of ether oxygens (including phenoxy) is 1. The zero-order valence-electron chi connectivity index (χ0n) is 12.2. The van der Waals surface area contributed by atoms with Crippen molar-refractivity contribution in [1.29, 1.82) is 5.26 Å². The van der Waals surface area contributed by atoms with Crippen LogP contribution in [0.2, 0.25) is 0 Å². The third kappa shape index (κ3) is 4.45. The van der Waals surface area contributed by atoms with Crippen LogP contribution in [0.5, 0.6) is 5.75 Å². The first-order chi connectivity index (χ1) is 10.2. The molecule has 1 saturated heterocycles. The summed E-state index contributed by atoms with van der Waals surface area (Å²) in [6.45, 7) is 4.07. The van der Waals surface area contributed by atoms with Crippen LogP contribution in [0.15, 0.2) is 18.2 Å². The van der Waals surface area contributed by atoms with Crippen LogP contribution in [0.3, 0.4) is 0 Å². The molecule has 0 unspecified atom stereocenters.